The number of carbonyl (C=O) groups excluding carboxylic acids is 4. The first-order chi connectivity index (χ1) is 13.5. The Morgan fingerprint density at radius 3 is 2.18 bits per heavy atom. The zero-order valence-electron chi connectivity index (χ0n) is 14.8. The molecule has 0 spiro atoms. The third kappa shape index (κ3) is 4.55. The van der Waals surface area contributed by atoms with Crippen LogP contribution in [0.15, 0.2) is 48.5 Å². The zero-order chi connectivity index (χ0) is 20.1. The van der Waals surface area contributed by atoms with Crippen LogP contribution in [0.4, 0.5) is 5.69 Å². The van der Waals surface area contributed by atoms with Crippen molar-refractivity contribution in [1.29, 1.82) is 0 Å². The van der Waals surface area contributed by atoms with Crippen LogP contribution in [0.25, 0.3) is 0 Å². The number of esters is 1. The lowest BCUT2D eigenvalue weighted by Crippen LogP contribution is -2.31. The number of ether oxygens (including phenoxy) is 1. The Kier molecular flexibility index (Phi) is 6.06. The van der Waals surface area contributed by atoms with Gasteiger partial charge in [-0.1, -0.05) is 23.7 Å². The van der Waals surface area contributed by atoms with Gasteiger partial charge in [-0.05, 0) is 42.8 Å². The smallest absolute Gasteiger partial charge is 0.306 e. The largest absolute Gasteiger partial charge is 0.456 e. The molecule has 0 saturated heterocycles. The van der Waals surface area contributed by atoms with Gasteiger partial charge in [-0.25, -0.2) is 0 Å². The molecule has 0 aliphatic carbocycles. The van der Waals surface area contributed by atoms with E-state index >= 15 is 0 Å². The molecule has 0 radical (unpaired) electrons. The standard InChI is InChI=1S/C20H17ClN2O5/c21-13-7-9-14(10-8-13)22-17(24)12-28-18(25)6-3-11-23-19(26)15-4-1-2-5-16(15)20(23)27/h1-2,4-5,7-10H,3,6,11-12H2,(H,22,24). The number of rotatable bonds is 7. The van der Waals surface area contributed by atoms with E-state index in [1.807, 2.05) is 0 Å². The van der Waals surface area contributed by atoms with Crippen LogP contribution in [0.5, 0.6) is 0 Å². The number of benzene rings is 2. The summed E-state index contributed by atoms with van der Waals surface area (Å²) in [7, 11) is 0. The van der Waals surface area contributed by atoms with Crippen molar-refractivity contribution in [2.24, 2.45) is 0 Å². The molecule has 0 bridgehead atoms. The molecule has 0 aromatic heterocycles. The van der Waals surface area contributed by atoms with Gasteiger partial charge < -0.3 is 10.1 Å². The predicted molar refractivity (Wildman–Crippen MR) is 102 cm³/mol. The third-order valence-corrected chi connectivity index (χ3v) is 4.39. The Morgan fingerprint density at radius 1 is 0.964 bits per heavy atom. The number of hydrogen-bond donors (Lipinski definition) is 1. The van der Waals surface area contributed by atoms with Crippen molar-refractivity contribution in [2.45, 2.75) is 12.8 Å². The molecule has 1 aliphatic heterocycles. The highest BCUT2D eigenvalue weighted by atomic mass is 35.5. The van der Waals surface area contributed by atoms with E-state index in [9.17, 15) is 19.2 Å². The van der Waals surface area contributed by atoms with Crippen LogP contribution < -0.4 is 5.32 Å². The number of halogens is 1. The lowest BCUT2D eigenvalue weighted by molar-refractivity contribution is -0.147. The van der Waals surface area contributed by atoms with Crippen molar-refractivity contribution in [2.75, 3.05) is 18.5 Å². The molecule has 1 N–H and O–H groups in total. The highest BCUT2D eigenvalue weighted by Gasteiger charge is 2.34. The number of imide groups is 1. The number of nitrogens with zero attached hydrogens (tertiary/aromatic N) is 1. The number of carbonyl (C=O) groups is 4. The summed E-state index contributed by atoms with van der Waals surface area (Å²) in [6.45, 7) is -0.313. The van der Waals surface area contributed by atoms with Gasteiger partial charge in [0.2, 0.25) is 0 Å². The SMILES string of the molecule is O=C(COC(=O)CCCN1C(=O)c2ccccc2C1=O)Nc1ccc(Cl)cc1. The second-order valence-electron chi connectivity index (χ2n) is 6.13. The number of hydrogen-bond acceptors (Lipinski definition) is 5. The van der Waals surface area contributed by atoms with Gasteiger partial charge in [0.15, 0.2) is 6.61 Å². The normalized spacial score (nSPS) is 12.7. The molecule has 3 amide bonds. The quantitative estimate of drug-likeness (QED) is 0.569. The summed E-state index contributed by atoms with van der Waals surface area (Å²) in [5.74, 6) is -1.79. The molecule has 2 aromatic rings. The molecule has 1 aliphatic rings. The first-order valence-electron chi connectivity index (χ1n) is 8.62. The van der Waals surface area contributed by atoms with Crippen LogP contribution in [-0.2, 0) is 14.3 Å². The van der Waals surface area contributed by atoms with Gasteiger partial charge in [-0.3, -0.25) is 24.1 Å². The second kappa shape index (κ2) is 8.67. The molecule has 0 unspecified atom stereocenters. The number of anilines is 1. The van der Waals surface area contributed by atoms with Crippen LogP contribution in [0.1, 0.15) is 33.6 Å². The molecule has 1 heterocycles. The zero-order valence-corrected chi connectivity index (χ0v) is 15.6. The molecule has 8 heteroatoms. The van der Waals surface area contributed by atoms with Gasteiger partial charge in [0, 0.05) is 23.7 Å². The Bertz CT molecular complexity index is 891. The maximum atomic E-state index is 12.2. The molecule has 2 aromatic carbocycles. The number of amides is 3. The minimum atomic E-state index is -0.581. The van der Waals surface area contributed by atoms with E-state index in [4.69, 9.17) is 16.3 Å². The van der Waals surface area contributed by atoms with Crippen molar-refractivity contribution >= 4 is 41.0 Å². The summed E-state index contributed by atoms with van der Waals surface area (Å²) in [5.41, 5.74) is 1.28. The summed E-state index contributed by atoms with van der Waals surface area (Å²) in [6, 6.07) is 13.1. The maximum Gasteiger partial charge on any atom is 0.306 e. The molecule has 7 nitrogen and oxygen atoms in total. The lowest BCUT2D eigenvalue weighted by atomic mass is 10.1. The fourth-order valence-electron chi connectivity index (χ4n) is 2.77. The number of nitrogens with one attached hydrogen (secondary N) is 1. The van der Waals surface area contributed by atoms with Crippen LogP contribution in [0, 0.1) is 0 Å². The van der Waals surface area contributed by atoms with E-state index in [2.05, 4.69) is 5.32 Å². The highest BCUT2D eigenvalue weighted by Crippen LogP contribution is 2.22. The van der Waals surface area contributed by atoms with Gasteiger partial charge >= 0.3 is 5.97 Å². The van der Waals surface area contributed by atoms with E-state index in [1.54, 1.807) is 48.5 Å². The molecule has 0 atom stereocenters. The van der Waals surface area contributed by atoms with Crippen LogP contribution in [0.3, 0.4) is 0 Å². The van der Waals surface area contributed by atoms with Gasteiger partial charge in [0.05, 0.1) is 11.1 Å². The Labute approximate surface area is 166 Å². The van der Waals surface area contributed by atoms with Crippen LogP contribution in [0.2, 0.25) is 5.02 Å². The molecular weight excluding hydrogens is 384 g/mol. The van der Waals surface area contributed by atoms with E-state index in [0.29, 0.717) is 21.8 Å². The van der Waals surface area contributed by atoms with E-state index in [1.165, 1.54) is 0 Å². The third-order valence-electron chi connectivity index (χ3n) is 4.13. The molecular formula is C20H17ClN2O5. The Morgan fingerprint density at radius 2 is 1.57 bits per heavy atom. The molecule has 144 valence electrons. The predicted octanol–water partition coefficient (Wildman–Crippen LogP) is 2.90. The fraction of sp³-hybridized carbons (Fsp3) is 0.200. The Hall–Kier alpha value is -3.19. The average Bonchev–Trinajstić information content (AvgIpc) is 2.93. The Balaban J connectivity index is 1.39. The monoisotopic (exact) mass is 400 g/mol. The first kappa shape index (κ1) is 19.6. The van der Waals surface area contributed by atoms with E-state index < -0.39 is 18.5 Å². The topological polar surface area (TPSA) is 92.8 Å². The van der Waals surface area contributed by atoms with Crippen LogP contribution in [-0.4, -0.2) is 41.7 Å². The summed E-state index contributed by atoms with van der Waals surface area (Å²) < 4.78 is 4.91. The van der Waals surface area contributed by atoms with E-state index in [0.717, 1.165) is 4.90 Å². The summed E-state index contributed by atoms with van der Waals surface area (Å²) in [4.78, 5) is 49.1. The summed E-state index contributed by atoms with van der Waals surface area (Å²) >= 11 is 5.76. The molecule has 28 heavy (non-hydrogen) atoms. The number of fused-ring (bicyclic) bond motifs is 1. The van der Waals surface area contributed by atoms with Crippen LogP contribution >= 0.6 is 11.6 Å². The van der Waals surface area contributed by atoms with Crippen molar-refractivity contribution in [3.8, 4) is 0 Å². The van der Waals surface area contributed by atoms with Crippen molar-refractivity contribution in [3.05, 3.63) is 64.7 Å². The van der Waals surface area contributed by atoms with Crippen molar-refractivity contribution in [3.63, 3.8) is 0 Å². The average molecular weight is 401 g/mol. The van der Waals surface area contributed by atoms with Gasteiger partial charge in [-0.2, -0.15) is 0 Å². The first-order valence-corrected chi connectivity index (χ1v) is 9.00. The van der Waals surface area contributed by atoms with E-state index in [-0.39, 0.29) is 31.2 Å². The summed E-state index contributed by atoms with van der Waals surface area (Å²) in [5, 5.41) is 3.12. The molecule has 0 saturated carbocycles. The minimum absolute atomic E-state index is 0.0123. The molecule has 0 fully saturated rings. The minimum Gasteiger partial charge on any atom is -0.456 e. The fourth-order valence-corrected chi connectivity index (χ4v) is 2.90. The summed E-state index contributed by atoms with van der Waals surface area (Å²) in [6.07, 6.45) is 0.241. The second-order valence-corrected chi connectivity index (χ2v) is 6.56. The molecule has 3 rings (SSSR count). The van der Waals surface area contributed by atoms with Crippen molar-refractivity contribution < 1.29 is 23.9 Å². The highest BCUT2D eigenvalue weighted by molar-refractivity contribution is 6.30. The van der Waals surface area contributed by atoms with Gasteiger partial charge in [0.1, 0.15) is 0 Å². The lowest BCUT2D eigenvalue weighted by Gasteiger charge is -2.13. The van der Waals surface area contributed by atoms with Crippen molar-refractivity contribution in [1.82, 2.24) is 4.90 Å². The van der Waals surface area contributed by atoms with Gasteiger partial charge in [-0.15, -0.1) is 0 Å². The maximum absolute atomic E-state index is 12.2. The van der Waals surface area contributed by atoms with Gasteiger partial charge in [0.25, 0.3) is 17.7 Å².